The first-order chi connectivity index (χ1) is 7.90. The smallest absolute Gasteiger partial charge is 0.0465 e. The van der Waals surface area contributed by atoms with Crippen LogP contribution in [-0.4, -0.2) is 29.8 Å². The van der Waals surface area contributed by atoms with Crippen LogP contribution in [0.1, 0.15) is 30.9 Å². The molecule has 0 saturated carbocycles. The highest BCUT2D eigenvalue weighted by atomic mass is 16.3. The van der Waals surface area contributed by atoms with E-state index in [2.05, 4.69) is 40.8 Å². The maximum atomic E-state index is 8.83. The first-order valence-electron chi connectivity index (χ1n) is 6.07. The lowest BCUT2D eigenvalue weighted by Gasteiger charge is -2.34. The number of hydrogen-bond donors (Lipinski definition) is 2. The third kappa shape index (κ3) is 3.04. The van der Waals surface area contributed by atoms with Crippen LogP contribution in [-0.2, 0) is 0 Å². The van der Waals surface area contributed by atoms with Gasteiger partial charge in [-0.2, -0.15) is 0 Å². The second-order valence-corrected chi connectivity index (χ2v) is 4.30. The maximum Gasteiger partial charge on any atom is 0.0465 e. The molecule has 88 valence electrons. The predicted octanol–water partition coefficient (Wildman–Crippen LogP) is 1.71. The summed E-state index contributed by atoms with van der Waals surface area (Å²) in [4.78, 5) is 0. The highest BCUT2D eigenvalue weighted by Crippen LogP contribution is 2.22. The second kappa shape index (κ2) is 5.99. The molecule has 1 fully saturated rings. The summed E-state index contributed by atoms with van der Waals surface area (Å²) in [6, 6.07) is 11.0. The minimum absolute atomic E-state index is 0.272. The summed E-state index contributed by atoms with van der Waals surface area (Å²) in [6.07, 6.45) is 3.26. The number of hydrazine groups is 1. The second-order valence-electron chi connectivity index (χ2n) is 4.30. The predicted molar refractivity (Wildman–Crippen MR) is 64.8 cm³/mol. The Hall–Kier alpha value is -0.900. The SMILES string of the molecule is OCCCN1CCCC(c2ccccc2)N1. The summed E-state index contributed by atoms with van der Waals surface area (Å²) in [5.41, 5.74) is 4.88. The van der Waals surface area contributed by atoms with Crippen molar-refractivity contribution in [2.45, 2.75) is 25.3 Å². The number of benzene rings is 1. The van der Waals surface area contributed by atoms with E-state index < -0.39 is 0 Å². The molecule has 0 bridgehead atoms. The molecule has 1 unspecified atom stereocenters. The molecule has 1 aliphatic rings. The zero-order valence-corrected chi connectivity index (χ0v) is 9.60. The molecular formula is C13H20N2O. The van der Waals surface area contributed by atoms with Crippen LogP contribution in [0.4, 0.5) is 0 Å². The van der Waals surface area contributed by atoms with Crippen LogP contribution in [0.25, 0.3) is 0 Å². The number of nitrogens with zero attached hydrogens (tertiary/aromatic N) is 1. The molecule has 1 heterocycles. The normalized spacial score (nSPS) is 22.2. The van der Waals surface area contributed by atoms with Crippen LogP contribution in [0.3, 0.4) is 0 Å². The highest BCUT2D eigenvalue weighted by molar-refractivity contribution is 5.18. The number of hydrogen-bond acceptors (Lipinski definition) is 3. The van der Waals surface area contributed by atoms with Gasteiger partial charge in [0.05, 0.1) is 0 Å². The molecule has 1 aliphatic heterocycles. The zero-order valence-electron chi connectivity index (χ0n) is 9.60. The Morgan fingerprint density at radius 3 is 2.88 bits per heavy atom. The summed E-state index contributed by atoms with van der Waals surface area (Å²) in [7, 11) is 0. The average molecular weight is 220 g/mol. The maximum absolute atomic E-state index is 8.83. The Balaban J connectivity index is 1.91. The van der Waals surface area contributed by atoms with Crippen LogP contribution in [0.5, 0.6) is 0 Å². The molecule has 2 rings (SSSR count). The molecule has 2 N–H and O–H groups in total. The third-order valence-corrected chi connectivity index (χ3v) is 3.05. The Bertz CT molecular complexity index is 302. The molecule has 1 aromatic rings. The fourth-order valence-electron chi connectivity index (χ4n) is 2.20. The summed E-state index contributed by atoms with van der Waals surface area (Å²) in [5.74, 6) is 0. The van der Waals surface area contributed by atoms with Crippen molar-refractivity contribution in [2.75, 3.05) is 19.7 Å². The largest absolute Gasteiger partial charge is 0.396 e. The van der Waals surface area contributed by atoms with Gasteiger partial charge in [0, 0.05) is 25.7 Å². The van der Waals surface area contributed by atoms with Crippen LogP contribution in [0.15, 0.2) is 30.3 Å². The van der Waals surface area contributed by atoms with E-state index in [1.807, 2.05) is 0 Å². The first kappa shape index (κ1) is 11.6. The standard InChI is InChI=1S/C13H20N2O/c16-11-5-10-15-9-4-8-13(14-15)12-6-2-1-3-7-12/h1-3,6-7,13-14,16H,4-5,8-11H2. The Kier molecular flexibility index (Phi) is 4.34. The lowest BCUT2D eigenvalue weighted by molar-refractivity contribution is 0.103. The molecule has 0 aromatic heterocycles. The number of nitrogens with one attached hydrogen (secondary N) is 1. The van der Waals surface area contributed by atoms with Crippen LogP contribution < -0.4 is 5.43 Å². The van der Waals surface area contributed by atoms with Crippen molar-refractivity contribution >= 4 is 0 Å². The molecule has 3 heteroatoms. The van der Waals surface area contributed by atoms with Gasteiger partial charge in [0.25, 0.3) is 0 Å². The summed E-state index contributed by atoms with van der Waals surface area (Å²) in [6.45, 7) is 2.29. The summed E-state index contributed by atoms with van der Waals surface area (Å²) >= 11 is 0. The van der Waals surface area contributed by atoms with Gasteiger partial charge in [0.1, 0.15) is 0 Å². The van der Waals surface area contributed by atoms with Gasteiger partial charge >= 0.3 is 0 Å². The summed E-state index contributed by atoms with van der Waals surface area (Å²) < 4.78 is 0. The molecule has 1 atom stereocenters. The van der Waals surface area contributed by atoms with Gasteiger partial charge in [-0.3, -0.25) is 0 Å². The van der Waals surface area contributed by atoms with E-state index in [0.29, 0.717) is 6.04 Å². The van der Waals surface area contributed by atoms with Crippen molar-refractivity contribution in [3.8, 4) is 0 Å². The monoisotopic (exact) mass is 220 g/mol. The molecule has 16 heavy (non-hydrogen) atoms. The lowest BCUT2D eigenvalue weighted by Crippen LogP contribution is -2.45. The van der Waals surface area contributed by atoms with E-state index in [-0.39, 0.29) is 6.61 Å². The Morgan fingerprint density at radius 2 is 2.12 bits per heavy atom. The molecule has 3 nitrogen and oxygen atoms in total. The number of aliphatic hydroxyl groups is 1. The van der Waals surface area contributed by atoms with E-state index in [0.717, 1.165) is 19.5 Å². The van der Waals surface area contributed by atoms with Crippen molar-refractivity contribution in [3.05, 3.63) is 35.9 Å². The third-order valence-electron chi connectivity index (χ3n) is 3.05. The van der Waals surface area contributed by atoms with E-state index in [4.69, 9.17) is 5.11 Å². The molecule has 0 radical (unpaired) electrons. The van der Waals surface area contributed by atoms with Crippen molar-refractivity contribution in [3.63, 3.8) is 0 Å². The fourth-order valence-corrected chi connectivity index (χ4v) is 2.20. The van der Waals surface area contributed by atoms with Gasteiger partial charge in [-0.25, -0.2) is 10.4 Å². The van der Waals surface area contributed by atoms with E-state index in [9.17, 15) is 0 Å². The van der Waals surface area contributed by atoms with Gasteiger partial charge in [0.15, 0.2) is 0 Å². The molecule has 1 aromatic carbocycles. The van der Waals surface area contributed by atoms with Gasteiger partial charge in [0.2, 0.25) is 0 Å². The minimum Gasteiger partial charge on any atom is -0.396 e. The van der Waals surface area contributed by atoms with Crippen molar-refractivity contribution in [1.82, 2.24) is 10.4 Å². The lowest BCUT2D eigenvalue weighted by atomic mass is 10.0. The molecule has 1 saturated heterocycles. The zero-order chi connectivity index (χ0) is 11.2. The topological polar surface area (TPSA) is 35.5 Å². The molecular weight excluding hydrogens is 200 g/mol. The molecule has 0 spiro atoms. The summed E-state index contributed by atoms with van der Waals surface area (Å²) in [5, 5.41) is 11.1. The van der Waals surface area contributed by atoms with E-state index in [1.165, 1.54) is 18.4 Å². The van der Waals surface area contributed by atoms with E-state index in [1.54, 1.807) is 0 Å². The van der Waals surface area contributed by atoms with Crippen molar-refractivity contribution < 1.29 is 5.11 Å². The quantitative estimate of drug-likeness (QED) is 0.811. The van der Waals surface area contributed by atoms with Gasteiger partial charge in [-0.05, 0) is 24.8 Å². The van der Waals surface area contributed by atoms with Crippen molar-refractivity contribution in [2.24, 2.45) is 0 Å². The van der Waals surface area contributed by atoms with E-state index >= 15 is 0 Å². The first-order valence-corrected chi connectivity index (χ1v) is 6.07. The van der Waals surface area contributed by atoms with Gasteiger partial charge in [-0.15, -0.1) is 0 Å². The molecule has 0 amide bonds. The highest BCUT2D eigenvalue weighted by Gasteiger charge is 2.19. The van der Waals surface area contributed by atoms with Crippen LogP contribution in [0.2, 0.25) is 0 Å². The van der Waals surface area contributed by atoms with Gasteiger partial charge in [-0.1, -0.05) is 30.3 Å². The number of aliphatic hydroxyl groups excluding tert-OH is 1. The number of rotatable bonds is 4. The average Bonchev–Trinajstić information content (AvgIpc) is 2.38. The van der Waals surface area contributed by atoms with Gasteiger partial charge < -0.3 is 5.11 Å². The van der Waals surface area contributed by atoms with Crippen molar-refractivity contribution in [1.29, 1.82) is 0 Å². The van der Waals surface area contributed by atoms with Crippen LogP contribution >= 0.6 is 0 Å². The molecule has 0 aliphatic carbocycles. The van der Waals surface area contributed by atoms with Crippen LogP contribution in [0, 0.1) is 0 Å². The minimum atomic E-state index is 0.272. The Labute approximate surface area is 97.1 Å². The Morgan fingerprint density at radius 1 is 1.31 bits per heavy atom. The fraction of sp³-hybridized carbons (Fsp3) is 0.538.